The average molecular weight is 253 g/mol. The van der Waals surface area contributed by atoms with Crippen molar-refractivity contribution in [3.8, 4) is 0 Å². The lowest BCUT2D eigenvalue weighted by atomic mass is 9.92. The third-order valence-electron chi connectivity index (χ3n) is 3.34. The molecule has 17 heavy (non-hydrogen) atoms. The maximum atomic E-state index is 12.3. The largest absolute Gasteiger partial charge is 0.334 e. The van der Waals surface area contributed by atoms with Gasteiger partial charge in [-0.3, -0.25) is 4.79 Å². The lowest BCUT2D eigenvalue weighted by Gasteiger charge is -2.37. The molecule has 4 nitrogen and oxygen atoms in total. The first-order chi connectivity index (χ1) is 8.11. The number of carbonyl (C=O) groups is 1. The summed E-state index contributed by atoms with van der Waals surface area (Å²) in [4.78, 5) is 19.1. The minimum Gasteiger partial charge on any atom is -0.334 e. The lowest BCUT2D eigenvalue weighted by molar-refractivity contribution is 0.0578. The van der Waals surface area contributed by atoms with Crippen molar-refractivity contribution in [1.82, 2.24) is 9.88 Å². The standard InChI is InChI=1S/C12H19N3OS/c1-8-3-4-15(10(5-8)6-13)12(16)11-7-14-9(2)17-11/h7-8,10H,3-6,13H2,1-2H3. The van der Waals surface area contributed by atoms with Crippen LogP contribution < -0.4 is 5.73 Å². The molecule has 1 aliphatic heterocycles. The third-order valence-corrected chi connectivity index (χ3v) is 4.24. The first-order valence-corrected chi connectivity index (χ1v) is 6.87. The monoisotopic (exact) mass is 253 g/mol. The minimum atomic E-state index is 0.0953. The number of aromatic nitrogens is 1. The molecule has 2 N–H and O–H groups in total. The number of likely N-dealkylation sites (tertiary alicyclic amines) is 1. The topological polar surface area (TPSA) is 59.2 Å². The second-order valence-electron chi connectivity index (χ2n) is 4.76. The number of piperidine rings is 1. The van der Waals surface area contributed by atoms with E-state index in [-0.39, 0.29) is 11.9 Å². The van der Waals surface area contributed by atoms with Gasteiger partial charge < -0.3 is 10.6 Å². The predicted octanol–water partition coefficient (Wildman–Crippen LogP) is 1.65. The highest BCUT2D eigenvalue weighted by atomic mass is 32.1. The van der Waals surface area contributed by atoms with Gasteiger partial charge in [-0.1, -0.05) is 6.92 Å². The summed E-state index contributed by atoms with van der Waals surface area (Å²) in [5.74, 6) is 0.758. The fourth-order valence-corrected chi connectivity index (χ4v) is 3.08. The van der Waals surface area contributed by atoms with Gasteiger partial charge in [0.05, 0.1) is 11.2 Å². The van der Waals surface area contributed by atoms with E-state index < -0.39 is 0 Å². The molecule has 0 bridgehead atoms. The molecule has 94 valence electrons. The van der Waals surface area contributed by atoms with Crippen molar-refractivity contribution in [3.05, 3.63) is 16.1 Å². The van der Waals surface area contributed by atoms with Gasteiger partial charge in [0.2, 0.25) is 0 Å². The van der Waals surface area contributed by atoms with E-state index in [2.05, 4.69) is 11.9 Å². The van der Waals surface area contributed by atoms with Crippen LogP contribution in [0.5, 0.6) is 0 Å². The summed E-state index contributed by atoms with van der Waals surface area (Å²) in [6.45, 7) is 5.51. The minimum absolute atomic E-state index is 0.0953. The predicted molar refractivity (Wildman–Crippen MR) is 69.1 cm³/mol. The Morgan fingerprint density at radius 2 is 2.47 bits per heavy atom. The Kier molecular flexibility index (Phi) is 3.79. The van der Waals surface area contributed by atoms with E-state index in [4.69, 9.17) is 5.73 Å². The quantitative estimate of drug-likeness (QED) is 0.872. The van der Waals surface area contributed by atoms with Crippen LogP contribution in [0.1, 0.15) is 34.4 Å². The molecule has 1 aliphatic rings. The number of rotatable bonds is 2. The number of hydrogen-bond acceptors (Lipinski definition) is 4. The highest BCUT2D eigenvalue weighted by Gasteiger charge is 2.30. The first kappa shape index (κ1) is 12.5. The smallest absolute Gasteiger partial charge is 0.265 e. The molecule has 1 fully saturated rings. The van der Waals surface area contributed by atoms with Gasteiger partial charge >= 0.3 is 0 Å². The number of carbonyl (C=O) groups excluding carboxylic acids is 1. The van der Waals surface area contributed by atoms with Crippen molar-refractivity contribution < 1.29 is 4.79 Å². The van der Waals surface area contributed by atoms with Crippen LogP contribution in [0.4, 0.5) is 0 Å². The molecule has 2 atom stereocenters. The van der Waals surface area contributed by atoms with Gasteiger partial charge in [-0.25, -0.2) is 4.98 Å². The van der Waals surface area contributed by atoms with E-state index in [1.54, 1.807) is 6.20 Å². The first-order valence-electron chi connectivity index (χ1n) is 6.05. The molecule has 0 radical (unpaired) electrons. The van der Waals surface area contributed by atoms with Crippen molar-refractivity contribution in [2.24, 2.45) is 11.7 Å². The maximum absolute atomic E-state index is 12.3. The van der Waals surface area contributed by atoms with E-state index in [0.29, 0.717) is 12.5 Å². The van der Waals surface area contributed by atoms with E-state index >= 15 is 0 Å². The molecule has 2 unspecified atom stereocenters. The molecule has 1 aromatic rings. The number of aryl methyl sites for hydroxylation is 1. The SMILES string of the molecule is Cc1ncc(C(=O)N2CCC(C)CC2CN)s1. The van der Waals surface area contributed by atoms with Crippen molar-refractivity contribution in [3.63, 3.8) is 0 Å². The Labute approximate surface area is 106 Å². The molecular formula is C12H19N3OS. The molecular weight excluding hydrogens is 234 g/mol. The van der Waals surface area contributed by atoms with Crippen LogP contribution in [-0.2, 0) is 0 Å². The van der Waals surface area contributed by atoms with Gasteiger partial charge in [0.15, 0.2) is 0 Å². The second kappa shape index (κ2) is 5.14. The van der Waals surface area contributed by atoms with Gasteiger partial charge in [0, 0.05) is 19.1 Å². The molecule has 2 heterocycles. The van der Waals surface area contributed by atoms with E-state index in [1.165, 1.54) is 11.3 Å². The van der Waals surface area contributed by atoms with Gasteiger partial charge in [-0.15, -0.1) is 11.3 Å². The summed E-state index contributed by atoms with van der Waals surface area (Å²) in [7, 11) is 0. The summed E-state index contributed by atoms with van der Waals surface area (Å²) in [5.41, 5.74) is 5.77. The van der Waals surface area contributed by atoms with Crippen molar-refractivity contribution in [2.45, 2.75) is 32.7 Å². The Hall–Kier alpha value is -0.940. The third kappa shape index (κ3) is 2.66. The maximum Gasteiger partial charge on any atom is 0.265 e. The fraction of sp³-hybridized carbons (Fsp3) is 0.667. The van der Waals surface area contributed by atoms with Crippen LogP contribution in [0.15, 0.2) is 6.20 Å². The fourth-order valence-electron chi connectivity index (χ4n) is 2.34. The number of thiazole rings is 1. The van der Waals surface area contributed by atoms with Crippen molar-refractivity contribution in [2.75, 3.05) is 13.1 Å². The molecule has 1 saturated heterocycles. The molecule has 1 amide bonds. The highest BCUT2D eigenvalue weighted by Crippen LogP contribution is 2.25. The summed E-state index contributed by atoms with van der Waals surface area (Å²) >= 11 is 1.46. The van der Waals surface area contributed by atoms with Crippen molar-refractivity contribution in [1.29, 1.82) is 0 Å². The summed E-state index contributed by atoms with van der Waals surface area (Å²) in [5, 5.41) is 0.933. The second-order valence-corrected chi connectivity index (χ2v) is 6.00. The Bertz CT molecular complexity index is 404. The summed E-state index contributed by atoms with van der Waals surface area (Å²) in [6, 6.07) is 0.189. The molecule has 0 saturated carbocycles. The van der Waals surface area contributed by atoms with E-state index in [0.717, 1.165) is 29.3 Å². The van der Waals surface area contributed by atoms with Crippen LogP contribution in [-0.4, -0.2) is 34.9 Å². The van der Waals surface area contributed by atoms with Gasteiger partial charge in [0.25, 0.3) is 5.91 Å². The van der Waals surface area contributed by atoms with Crippen LogP contribution in [0.2, 0.25) is 0 Å². The van der Waals surface area contributed by atoms with Gasteiger partial charge in [-0.05, 0) is 25.7 Å². The van der Waals surface area contributed by atoms with Crippen LogP contribution in [0.25, 0.3) is 0 Å². The molecule has 2 rings (SSSR count). The van der Waals surface area contributed by atoms with Gasteiger partial charge in [0.1, 0.15) is 4.88 Å². The zero-order valence-electron chi connectivity index (χ0n) is 10.3. The Morgan fingerprint density at radius 1 is 1.71 bits per heavy atom. The summed E-state index contributed by atoms with van der Waals surface area (Å²) < 4.78 is 0. The number of hydrogen-bond donors (Lipinski definition) is 1. The van der Waals surface area contributed by atoms with Crippen LogP contribution in [0, 0.1) is 12.8 Å². The van der Waals surface area contributed by atoms with E-state index in [9.17, 15) is 4.79 Å². The number of nitrogens with zero attached hydrogens (tertiary/aromatic N) is 2. The average Bonchev–Trinajstić information content (AvgIpc) is 2.75. The lowest BCUT2D eigenvalue weighted by Crippen LogP contribution is -2.49. The molecule has 0 aromatic carbocycles. The van der Waals surface area contributed by atoms with E-state index in [1.807, 2.05) is 11.8 Å². The van der Waals surface area contributed by atoms with Crippen LogP contribution >= 0.6 is 11.3 Å². The van der Waals surface area contributed by atoms with Crippen LogP contribution in [0.3, 0.4) is 0 Å². The van der Waals surface area contributed by atoms with Gasteiger partial charge in [-0.2, -0.15) is 0 Å². The number of nitrogens with two attached hydrogens (primary N) is 1. The molecule has 5 heteroatoms. The highest BCUT2D eigenvalue weighted by molar-refractivity contribution is 7.13. The molecule has 1 aromatic heterocycles. The Balaban J connectivity index is 2.13. The normalized spacial score (nSPS) is 25.0. The van der Waals surface area contributed by atoms with Crippen molar-refractivity contribution >= 4 is 17.2 Å². The molecule has 0 aliphatic carbocycles. The Morgan fingerprint density at radius 3 is 3.06 bits per heavy atom. The zero-order chi connectivity index (χ0) is 12.4. The summed E-state index contributed by atoms with van der Waals surface area (Å²) in [6.07, 6.45) is 3.76. The molecule has 0 spiro atoms. The zero-order valence-corrected chi connectivity index (χ0v) is 11.2. The number of amides is 1.